The van der Waals surface area contributed by atoms with Crippen molar-refractivity contribution in [1.29, 1.82) is 0 Å². The molecule has 1 atom stereocenters. The van der Waals surface area contributed by atoms with E-state index in [1.807, 2.05) is 12.1 Å². The van der Waals surface area contributed by atoms with Crippen molar-refractivity contribution in [1.82, 2.24) is 0 Å². The van der Waals surface area contributed by atoms with Gasteiger partial charge in [0.15, 0.2) is 5.60 Å². The Kier molecular flexibility index (Phi) is 3.40. The first-order chi connectivity index (χ1) is 13.6. The van der Waals surface area contributed by atoms with Gasteiger partial charge in [0, 0.05) is 22.8 Å². The van der Waals surface area contributed by atoms with Crippen LogP contribution in [0.3, 0.4) is 0 Å². The van der Waals surface area contributed by atoms with Crippen molar-refractivity contribution in [3.63, 3.8) is 0 Å². The first kappa shape index (κ1) is 16.6. The van der Waals surface area contributed by atoms with Gasteiger partial charge in [0.1, 0.15) is 29.7 Å². The molecular formula is C22H15FO5. The van der Waals surface area contributed by atoms with Crippen LogP contribution in [-0.4, -0.2) is 18.2 Å². The highest BCUT2D eigenvalue weighted by atomic mass is 19.1. The van der Waals surface area contributed by atoms with Crippen LogP contribution in [-0.2, 0) is 17.0 Å². The van der Waals surface area contributed by atoms with Crippen molar-refractivity contribution in [2.75, 3.05) is 7.11 Å². The topological polar surface area (TPSA) is 65.0 Å². The molecule has 2 aliphatic heterocycles. The Balaban J connectivity index is 1.90. The van der Waals surface area contributed by atoms with Crippen LogP contribution in [0.4, 0.5) is 4.39 Å². The van der Waals surface area contributed by atoms with Crippen molar-refractivity contribution in [2.24, 2.45) is 0 Å². The Hall–Kier alpha value is -3.54. The molecule has 0 amide bonds. The molecule has 140 valence electrons. The molecule has 6 heteroatoms. The molecule has 0 radical (unpaired) electrons. The molecule has 28 heavy (non-hydrogen) atoms. The van der Waals surface area contributed by atoms with E-state index in [0.29, 0.717) is 33.8 Å². The first-order valence-electron chi connectivity index (χ1n) is 8.70. The summed E-state index contributed by atoms with van der Waals surface area (Å²) in [6, 6.07) is 15.3. The molecule has 5 rings (SSSR count). The van der Waals surface area contributed by atoms with Crippen LogP contribution in [0, 0.1) is 0 Å². The fraction of sp³-hybridized carbons (Fsp3) is 0.136. The Bertz CT molecular complexity index is 1140. The van der Waals surface area contributed by atoms with E-state index in [4.69, 9.17) is 14.2 Å². The molecule has 3 aromatic carbocycles. The lowest BCUT2D eigenvalue weighted by Gasteiger charge is -2.37. The maximum atomic E-state index is 13.8. The van der Waals surface area contributed by atoms with Gasteiger partial charge in [-0.2, -0.15) is 0 Å². The number of fused-ring (bicyclic) bond motifs is 6. The lowest BCUT2D eigenvalue weighted by molar-refractivity contribution is 0.0223. The normalized spacial score (nSPS) is 18.7. The van der Waals surface area contributed by atoms with E-state index in [-0.39, 0.29) is 17.1 Å². The van der Waals surface area contributed by atoms with E-state index in [1.165, 1.54) is 13.2 Å². The van der Waals surface area contributed by atoms with Crippen LogP contribution in [0.1, 0.15) is 32.6 Å². The summed E-state index contributed by atoms with van der Waals surface area (Å²) >= 11 is 0. The van der Waals surface area contributed by atoms with Gasteiger partial charge in [-0.1, -0.05) is 18.2 Å². The van der Waals surface area contributed by atoms with Crippen molar-refractivity contribution < 1.29 is 28.5 Å². The molecular weight excluding hydrogens is 363 g/mol. The van der Waals surface area contributed by atoms with Crippen molar-refractivity contribution in [3.05, 3.63) is 82.4 Å². The number of hydrogen-bond donors (Lipinski definition) is 1. The molecule has 0 aliphatic carbocycles. The summed E-state index contributed by atoms with van der Waals surface area (Å²) in [4.78, 5) is 12.7. The summed E-state index contributed by atoms with van der Waals surface area (Å²) in [5.74, 6) is 0.363. The Morgan fingerprint density at radius 3 is 2.64 bits per heavy atom. The van der Waals surface area contributed by atoms with Crippen LogP contribution in [0.2, 0.25) is 0 Å². The minimum Gasteiger partial charge on any atom is -0.507 e. The number of rotatable bonds is 2. The average Bonchev–Trinajstić information content (AvgIpc) is 3.01. The summed E-state index contributed by atoms with van der Waals surface area (Å²) in [6.45, 7) is -0.931. The summed E-state index contributed by atoms with van der Waals surface area (Å²) in [5, 5.41) is 10.1. The van der Waals surface area contributed by atoms with E-state index < -0.39 is 18.2 Å². The number of aromatic hydroxyl groups is 1. The fourth-order valence-electron chi connectivity index (χ4n) is 4.02. The Morgan fingerprint density at radius 1 is 1.07 bits per heavy atom. The third-order valence-corrected chi connectivity index (χ3v) is 5.30. The fourth-order valence-corrected chi connectivity index (χ4v) is 4.02. The van der Waals surface area contributed by atoms with E-state index in [0.717, 1.165) is 0 Å². The largest absolute Gasteiger partial charge is 0.507 e. The van der Waals surface area contributed by atoms with E-state index in [9.17, 15) is 14.3 Å². The van der Waals surface area contributed by atoms with E-state index in [1.54, 1.807) is 36.4 Å². The van der Waals surface area contributed by atoms with Crippen LogP contribution >= 0.6 is 0 Å². The number of ether oxygens (including phenoxy) is 3. The predicted molar refractivity (Wildman–Crippen MR) is 97.7 cm³/mol. The summed E-state index contributed by atoms with van der Waals surface area (Å²) in [7, 11) is 1.53. The molecule has 0 bridgehead atoms. The second-order valence-electron chi connectivity index (χ2n) is 6.65. The monoisotopic (exact) mass is 378 g/mol. The number of esters is 1. The van der Waals surface area contributed by atoms with Gasteiger partial charge in [-0.05, 0) is 30.3 Å². The molecule has 0 fully saturated rings. The average molecular weight is 378 g/mol. The number of carbonyl (C=O) groups excluding carboxylic acids is 1. The smallest absolute Gasteiger partial charge is 0.340 e. The van der Waals surface area contributed by atoms with Crippen LogP contribution in [0.15, 0.2) is 54.6 Å². The minimum absolute atomic E-state index is 0.00535. The third kappa shape index (κ3) is 1.97. The SMILES string of the molecule is COc1ccc2c(c1)Oc1c(ccc(O)c1CF)C21OC(=O)c2ccccc21. The zero-order valence-corrected chi connectivity index (χ0v) is 14.9. The number of methoxy groups -OCH3 is 1. The number of carbonyl (C=O) groups is 1. The quantitative estimate of drug-likeness (QED) is 0.668. The lowest BCUT2D eigenvalue weighted by atomic mass is 9.77. The second kappa shape index (κ2) is 5.73. The van der Waals surface area contributed by atoms with E-state index in [2.05, 4.69) is 0 Å². The molecule has 1 spiro atoms. The molecule has 0 saturated carbocycles. The molecule has 1 unspecified atom stereocenters. The van der Waals surface area contributed by atoms with Crippen molar-refractivity contribution in [3.8, 4) is 23.0 Å². The summed E-state index contributed by atoms with van der Waals surface area (Å²) in [6.07, 6.45) is 0. The lowest BCUT2D eigenvalue weighted by Crippen LogP contribution is -2.33. The number of hydrogen-bond acceptors (Lipinski definition) is 5. The molecule has 1 N–H and O–H groups in total. The van der Waals surface area contributed by atoms with Crippen LogP contribution < -0.4 is 9.47 Å². The van der Waals surface area contributed by atoms with E-state index >= 15 is 0 Å². The highest BCUT2D eigenvalue weighted by Crippen LogP contribution is 2.58. The highest BCUT2D eigenvalue weighted by molar-refractivity contribution is 5.97. The predicted octanol–water partition coefficient (Wildman–Crippen LogP) is 4.44. The molecule has 2 heterocycles. The van der Waals surface area contributed by atoms with Gasteiger partial charge in [-0.25, -0.2) is 9.18 Å². The number of halogens is 1. The maximum absolute atomic E-state index is 13.8. The minimum atomic E-state index is -1.29. The number of phenolic OH excluding ortho intramolecular Hbond substituents is 1. The van der Waals surface area contributed by atoms with Gasteiger partial charge >= 0.3 is 5.97 Å². The summed E-state index contributed by atoms with van der Waals surface area (Å²) in [5.41, 5.74) is 0.869. The first-order valence-corrected chi connectivity index (χ1v) is 8.70. The molecule has 0 saturated heterocycles. The zero-order chi connectivity index (χ0) is 19.5. The maximum Gasteiger partial charge on any atom is 0.340 e. The van der Waals surface area contributed by atoms with Gasteiger partial charge in [0.25, 0.3) is 0 Å². The van der Waals surface area contributed by atoms with Gasteiger partial charge < -0.3 is 19.3 Å². The van der Waals surface area contributed by atoms with Crippen LogP contribution in [0.5, 0.6) is 23.0 Å². The molecule has 0 aromatic heterocycles. The summed E-state index contributed by atoms with van der Waals surface area (Å²) < 4.78 is 31.0. The van der Waals surface area contributed by atoms with Gasteiger partial charge in [0.05, 0.1) is 18.2 Å². The second-order valence-corrected chi connectivity index (χ2v) is 6.65. The standard InChI is InChI=1S/C22H15FO5/c1-26-12-6-7-16-19(10-12)27-20-14(11-23)18(24)9-8-17(20)22(16)15-5-3-2-4-13(15)21(25)28-22/h2-10,24H,11H2,1H3. The molecule has 3 aromatic rings. The number of phenols is 1. The highest BCUT2D eigenvalue weighted by Gasteiger charge is 2.54. The molecule has 5 nitrogen and oxygen atoms in total. The number of benzene rings is 3. The third-order valence-electron chi connectivity index (χ3n) is 5.30. The Labute approximate surface area is 159 Å². The van der Waals surface area contributed by atoms with Gasteiger partial charge in [-0.15, -0.1) is 0 Å². The van der Waals surface area contributed by atoms with Crippen molar-refractivity contribution in [2.45, 2.75) is 12.3 Å². The molecule has 2 aliphatic rings. The zero-order valence-electron chi connectivity index (χ0n) is 14.9. The van der Waals surface area contributed by atoms with Crippen molar-refractivity contribution >= 4 is 5.97 Å². The van der Waals surface area contributed by atoms with Gasteiger partial charge in [-0.3, -0.25) is 0 Å². The van der Waals surface area contributed by atoms with Crippen LogP contribution in [0.25, 0.3) is 0 Å². The number of alkyl halides is 1. The van der Waals surface area contributed by atoms with Gasteiger partial charge in [0.2, 0.25) is 0 Å². The Morgan fingerprint density at radius 2 is 1.86 bits per heavy atom.